The van der Waals surface area contributed by atoms with Crippen LogP contribution in [0.1, 0.15) is 32.6 Å². The van der Waals surface area contributed by atoms with Crippen LogP contribution in [0, 0.1) is 5.92 Å². The second kappa shape index (κ2) is 5.42. The Kier molecular flexibility index (Phi) is 4.48. The van der Waals surface area contributed by atoms with E-state index in [1.807, 2.05) is 13.0 Å². The first-order valence-electron chi connectivity index (χ1n) is 5.52. The predicted molar refractivity (Wildman–Crippen MR) is 58.6 cm³/mol. The second-order valence-electron chi connectivity index (χ2n) is 4.27. The fourth-order valence-electron chi connectivity index (χ4n) is 2.26. The minimum Gasteiger partial charge on any atom is -0.394 e. The summed E-state index contributed by atoms with van der Waals surface area (Å²) in [5, 5.41) is 8.74. The molecule has 1 aliphatic rings. The Morgan fingerprint density at radius 1 is 1.73 bits per heavy atom. The van der Waals surface area contributed by atoms with Crippen molar-refractivity contribution in [2.75, 3.05) is 13.2 Å². The molecule has 2 atom stereocenters. The number of aliphatic hydroxyl groups is 1. The maximum absolute atomic E-state index is 11.7. The van der Waals surface area contributed by atoms with Gasteiger partial charge in [0.1, 0.15) is 5.78 Å². The lowest BCUT2D eigenvalue weighted by atomic mass is 9.88. The van der Waals surface area contributed by atoms with Gasteiger partial charge >= 0.3 is 0 Å². The zero-order valence-electron chi connectivity index (χ0n) is 9.37. The molecule has 1 rings (SSSR count). The Balaban J connectivity index is 2.60. The van der Waals surface area contributed by atoms with Crippen LogP contribution in [0.25, 0.3) is 0 Å². The van der Waals surface area contributed by atoms with E-state index in [9.17, 15) is 4.79 Å². The molecule has 15 heavy (non-hydrogen) atoms. The summed E-state index contributed by atoms with van der Waals surface area (Å²) in [6.45, 7) is 5.96. The molecule has 0 bridgehead atoms. The van der Waals surface area contributed by atoms with E-state index in [1.165, 1.54) is 0 Å². The fraction of sp³-hybridized carbons (Fsp3) is 0.750. The fourth-order valence-corrected chi connectivity index (χ4v) is 2.26. The average Bonchev–Trinajstić information content (AvgIpc) is 2.50. The molecule has 0 aromatic heterocycles. The maximum Gasteiger partial charge on any atom is 0.138 e. The SMILES string of the molecule is C=CCCC1C(=O)CCC1(C)OCCO. The first-order valence-corrected chi connectivity index (χ1v) is 5.52. The second-order valence-corrected chi connectivity index (χ2v) is 4.27. The quantitative estimate of drug-likeness (QED) is 0.682. The minimum absolute atomic E-state index is 0.0119. The number of carbonyl (C=O) groups excluding carboxylic acids is 1. The van der Waals surface area contributed by atoms with Crippen molar-refractivity contribution in [2.45, 2.75) is 38.2 Å². The molecule has 0 amide bonds. The highest BCUT2D eigenvalue weighted by Gasteiger charge is 2.44. The van der Waals surface area contributed by atoms with Gasteiger partial charge in [-0.3, -0.25) is 4.79 Å². The molecule has 3 heteroatoms. The topological polar surface area (TPSA) is 46.5 Å². The van der Waals surface area contributed by atoms with Gasteiger partial charge in [-0.2, -0.15) is 0 Å². The smallest absolute Gasteiger partial charge is 0.138 e. The lowest BCUT2D eigenvalue weighted by molar-refractivity contribution is -0.128. The van der Waals surface area contributed by atoms with Crippen LogP contribution in [0.15, 0.2) is 12.7 Å². The van der Waals surface area contributed by atoms with Crippen LogP contribution in [0.2, 0.25) is 0 Å². The van der Waals surface area contributed by atoms with E-state index >= 15 is 0 Å². The highest BCUT2D eigenvalue weighted by Crippen LogP contribution is 2.38. The van der Waals surface area contributed by atoms with Crippen LogP contribution < -0.4 is 0 Å². The summed E-state index contributed by atoms with van der Waals surface area (Å²) in [4.78, 5) is 11.7. The first kappa shape index (κ1) is 12.4. The standard InChI is InChI=1S/C12H20O3/c1-3-4-5-10-11(14)6-7-12(10,2)15-9-8-13/h3,10,13H,1,4-9H2,2H3. The van der Waals surface area contributed by atoms with Crippen molar-refractivity contribution in [2.24, 2.45) is 5.92 Å². The summed E-state index contributed by atoms with van der Waals surface area (Å²) in [6.07, 6.45) is 4.86. The van der Waals surface area contributed by atoms with E-state index in [-0.39, 0.29) is 23.9 Å². The number of Topliss-reactive ketones (excluding diaryl/α,β-unsaturated/α-hetero) is 1. The van der Waals surface area contributed by atoms with Crippen molar-refractivity contribution in [1.29, 1.82) is 0 Å². The number of carbonyl (C=O) groups is 1. The summed E-state index contributed by atoms with van der Waals surface area (Å²) in [5.41, 5.74) is -0.372. The molecule has 3 nitrogen and oxygen atoms in total. The monoisotopic (exact) mass is 212 g/mol. The minimum atomic E-state index is -0.372. The van der Waals surface area contributed by atoms with Gasteiger partial charge in [0, 0.05) is 12.3 Å². The largest absolute Gasteiger partial charge is 0.394 e. The van der Waals surface area contributed by atoms with Crippen molar-refractivity contribution in [3.8, 4) is 0 Å². The molecule has 0 heterocycles. The Morgan fingerprint density at radius 2 is 2.47 bits per heavy atom. The van der Waals surface area contributed by atoms with Gasteiger partial charge in [-0.25, -0.2) is 0 Å². The molecule has 86 valence electrons. The molecular formula is C12H20O3. The van der Waals surface area contributed by atoms with E-state index in [1.54, 1.807) is 0 Å². The van der Waals surface area contributed by atoms with Crippen LogP contribution in [0.5, 0.6) is 0 Å². The molecule has 1 N–H and O–H groups in total. The van der Waals surface area contributed by atoms with Gasteiger partial charge in [-0.1, -0.05) is 6.08 Å². The normalized spacial score (nSPS) is 30.8. The maximum atomic E-state index is 11.7. The van der Waals surface area contributed by atoms with Crippen molar-refractivity contribution < 1.29 is 14.6 Å². The Bertz CT molecular complexity index is 237. The summed E-state index contributed by atoms with van der Waals surface area (Å²) in [6, 6.07) is 0. The summed E-state index contributed by atoms with van der Waals surface area (Å²) < 4.78 is 5.61. The van der Waals surface area contributed by atoms with Crippen molar-refractivity contribution in [3.05, 3.63) is 12.7 Å². The van der Waals surface area contributed by atoms with Gasteiger partial charge < -0.3 is 9.84 Å². The highest BCUT2D eigenvalue weighted by atomic mass is 16.5. The Morgan fingerprint density at radius 3 is 3.07 bits per heavy atom. The van der Waals surface area contributed by atoms with Crippen LogP contribution in [-0.4, -0.2) is 29.7 Å². The molecular weight excluding hydrogens is 192 g/mol. The van der Waals surface area contributed by atoms with E-state index in [2.05, 4.69) is 6.58 Å². The molecule has 0 spiro atoms. The molecule has 1 aliphatic carbocycles. The van der Waals surface area contributed by atoms with Gasteiger partial charge in [0.15, 0.2) is 0 Å². The number of rotatable bonds is 6. The lowest BCUT2D eigenvalue weighted by Gasteiger charge is -2.30. The van der Waals surface area contributed by atoms with E-state index < -0.39 is 0 Å². The van der Waals surface area contributed by atoms with E-state index in [4.69, 9.17) is 9.84 Å². The molecule has 0 radical (unpaired) electrons. The van der Waals surface area contributed by atoms with Crippen LogP contribution >= 0.6 is 0 Å². The molecule has 0 aliphatic heterocycles. The van der Waals surface area contributed by atoms with Crippen LogP contribution in [0.4, 0.5) is 0 Å². The van der Waals surface area contributed by atoms with Gasteiger partial charge in [-0.15, -0.1) is 6.58 Å². The number of hydrogen-bond donors (Lipinski definition) is 1. The van der Waals surface area contributed by atoms with Gasteiger partial charge in [-0.05, 0) is 26.2 Å². The van der Waals surface area contributed by atoms with Gasteiger partial charge in [0.25, 0.3) is 0 Å². The summed E-state index contributed by atoms with van der Waals surface area (Å²) in [7, 11) is 0. The number of ketones is 1. The predicted octanol–water partition coefficient (Wildman–Crippen LogP) is 1.70. The van der Waals surface area contributed by atoms with Crippen molar-refractivity contribution in [1.82, 2.24) is 0 Å². The third-order valence-corrected chi connectivity index (χ3v) is 3.18. The van der Waals surface area contributed by atoms with Crippen LogP contribution in [-0.2, 0) is 9.53 Å². The zero-order valence-corrected chi connectivity index (χ0v) is 9.37. The Labute approximate surface area is 91.1 Å². The third-order valence-electron chi connectivity index (χ3n) is 3.18. The number of aliphatic hydroxyl groups excluding tert-OH is 1. The Hall–Kier alpha value is -0.670. The van der Waals surface area contributed by atoms with Gasteiger partial charge in [0.2, 0.25) is 0 Å². The highest BCUT2D eigenvalue weighted by molar-refractivity contribution is 5.84. The summed E-state index contributed by atoms with van der Waals surface area (Å²) in [5.74, 6) is 0.263. The number of ether oxygens (including phenoxy) is 1. The number of hydrogen-bond acceptors (Lipinski definition) is 3. The molecule has 0 aromatic carbocycles. The molecule has 0 saturated heterocycles. The lowest BCUT2D eigenvalue weighted by Crippen LogP contribution is -2.36. The van der Waals surface area contributed by atoms with Crippen molar-refractivity contribution in [3.63, 3.8) is 0 Å². The van der Waals surface area contributed by atoms with E-state index in [0.29, 0.717) is 13.0 Å². The third kappa shape index (κ3) is 2.89. The molecule has 2 unspecified atom stereocenters. The summed E-state index contributed by atoms with van der Waals surface area (Å²) >= 11 is 0. The van der Waals surface area contributed by atoms with Crippen LogP contribution in [0.3, 0.4) is 0 Å². The van der Waals surface area contributed by atoms with E-state index in [0.717, 1.165) is 19.3 Å². The molecule has 1 fully saturated rings. The van der Waals surface area contributed by atoms with Gasteiger partial charge in [0.05, 0.1) is 18.8 Å². The zero-order chi connectivity index (χ0) is 11.3. The first-order chi connectivity index (χ1) is 7.14. The van der Waals surface area contributed by atoms with Crippen molar-refractivity contribution >= 4 is 5.78 Å². The number of allylic oxidation sites excluding steroid dienone is 1. The average molecular weight is 212 g/mol. The molecule has 0 aromatic rings. The molecule has 1 saturated carbocycles.